The average Bonchev–Trinajstić information content (AvgIpc) is 2.40. The van der Waals surface area contributed by atoms with Gasteiger partial charge in [-0.1, -0.05) is 13.8 Å². The number of phenolic OH excluding ortho intramolecular Hbond substituents is 1. The maximum Gasteiger partial charge on any atom is 0.407 e. The summed E-state index contributed by atoms with van der Waals surface area (Å²) in [5.74, 6) is 0.961. The van der Waals surface area contributed by atoms with Gasteiger partial charge in [-0.2, -0.15) is 0 Å². The minimum Gasteiger partial charge on any atom is -0.508 e. The first-order valence-corrected chi connectivity index (χ1v) is 6.27. The van der Waals surface area contributed by atoms with E-state index in [1.54, 1.807) is 0 Å². The lowest BCUT2D eigenvalue weighted by molar-refractivity contribution is 0.0374. The van der Waals surface area contributed by atoms with Gasteiger partial charge in [0.25, 0.3) is 0 Å². The number of rotatable bonds is 3. The molecule has 0 bridgehead atoms. The number of ether oxygens (including phenoxy) is 3. The number of hydrogen-bond acceptors (Lipinski definition) is 5. The van der Waals surface area contributed by atoms with Gasteiger partial charge in [0, 0.05) is 17.5 Å². The molecule has 0 aliphatic carbocycles. The van der Waals surface area contributed by atoms with E-state index >= 15 is 0 Å². The van der Waals surface area contributed by atoms with E-state index < -0.39 is 6.09 Å². The van der Waals surface area contributed by atoms with Crippen LogP contribution in [0.4, 0.5) is 4.79 Å². The van der Waals surface area contributed by atoms with Gasteiger partial charge >= 0.3 is 6.09 Å². The summed E-state index contributed by atoms with van der Waals surface area (Å²) in [5.41, 5.74) is 0.347. The second-order valence-corrected chi connectivity index (χ2v) is 5.41. The van der Waals surface area contributed by atoms with Gasteiger partial charge in [0.15, 0.2) is 0 Å². The molecule has 1 heterocycles. The van der Waals surface area contributed by atoms with Crippen LogP contribution in [0, 0.1) is 5.41 Å². The molecule has 1 fully saturated rings. The number of amides is 1. The van der Waals surface area contributed by atoms with Crippen molar-refractivity contribution in [2.45, 2.75) is 19.9 Å². The third-order valence-corrected chi connectivity index (χ3v) is 3.44. The Bertz CT molecular complexity index is 501. The number of aromatic hydroxyl groups is 1. The number of nitrogens with one attached hydrogen (secondary N) is 1. The minimum absolute atomic E-state index is 0.0404. The second-order valence-electron chi connectivity index (χ2n) is 5.41. The summed E-state index contributed by atoms with van der Waals surface area (Å²) < 4.78 is 15.7. The second kappa shape index (κ2) is 5.11. The molecule has 0 aromatic heterocycles. The van der Waals surface area contributed by atoms with E-state index in [9.17, 15) is 9.90 Å². The standard InChI is InChI=1S/C14H19NO5/c1-14(2)7-20-13(17)15-12(14)11-9(18-3)5-8(16)6-10(11)19-4/h5-6,12,16H,7H2,1-4H3,(H,15,17)/t12-/m1/s1. The van der Waals surface area contributed by atoms with Crippen LogP contribution in [0.3, 0.4) is 0 Å². The first-order chi connectivity index (χ1) is 9.39. The highest BCUT2D eigenvalue weighted by molar-refractivity contribution is 5.70. The van der Waals surface area contributed by atoms with Gasteiger partial charge in [-0.3, -0.25) is 0 Å². The Hall–Kier alpha value is -2.11. The number of cyclic esters (lactones) is 1. The zero-order valence-electron chi connectivity index (χ0n) is 12.0. The Morgan fingerprint density at radius 2 is 1.85 bits per heavy atom. The predicted molar refractivity (Wildman–Crippen MR) is 72.2 cm³/mol. The van der Waals surface area contributed by atoms with E-state index in [1.807, 2.05) is 13.8 Å². The van der Waals surface area contributed by atoms with Gasteiger partial charge in [-0.05, 0) is 0 Å². The van der Waals surface area contributed by atoms with Crippen molar-refractivity contribution >= 4 is 6.09 Å². The first-order valence-electron chi connectivity index (χ1n) is 6.27. The summed E-state index contributed by atoms with van der Waals surface area (Å²) in [7, 11) is 3.01. The van der Waals surface area contributed by atoms with Crippen LogP contribution in [0.5, 0.6) is 17.2 Å². The van der Waals surface area contributed by atoms with Crippen molar-refractivity contribution in [2.24, 2.45) is 5.41 Å². The van der Waals surface area contributed by atoms with Gasteiger partial charge in [-0.15, -0.1) is 0 Å². The zero-order valence-corrected chi connectivity index (χ0v) is 12.0. The van der Waals surface area contributed by atoms with E-state index in [1.165, 1.54) is 26.4 Å². The number of hydrogen-bond donors (Lipinski definition) is 2. The minimum atomic E-state index is -0.480. The molecule has 0 spiro atoms. The summed E-state index contributed by atoms with van der Waals surface area (Å²) in [5, 5.41) is 12.5. The maximum atomic E-state index is 11.5. The van der Waals surface area contributed by atoms with Crippen molar-refractivity contribution in [3.63, 3.8) is 0 Å². The van der Waals surface area contributed by atoms with Crippen molar-refractivity contribution in [2.75, 3.05) is 20.8 Å². The molecule has 0 saturated carbocycles. The summed E-state index contributed by atoms with van der Waals surface area (Å²) in [6, 6.07) is 2.65. The Kier molecular flexibility index (Phi) is 3.65. The molecule has 1 aliphatic heterocycles. The van der Waals surface area contributed by atoms with Gasteiger partial charge in [-0.25, -0.2) is 4.79 Å². The summed E-state index contributed by atoms with van der Waals surface area (Å²) >= 11 is 0. The van der Waals surface area contributed by atoms with Crippen LogP contribution >= 0.6 is 0 Å². The van der Waals surface area contributed by atoms with Gasteiger partial charge in [0.1, 0.15) is 23.9 Å². The SMILES string of the molecule is COc1cc(O)cc(OC)c1[C@H]1NC(=O)OCC1(C)C. The molecule has 1 aromatic rings. The van der Waals surface area contributed by atoms with Crippen LogP contribution in [0.1, 0.15) is 25.5 Å². The lowest BCUT2D eigenvalue weighted by atomic mass is 9.79. The first kappa shape index (κ1) is 14.3. The van der Waals surface area contributed by atoms with Gasteiger partial charge in [0.2, 0.25) is 0 Å². The van der Waals surface area contributed by atoms with Crippen molar-refractivity contribution in [3.8, 4) is 17.2 Å². The molecule has 1 atom stereocenters. The van der Waals surface area contributed by atoms with E-state index in [0.717, 1.165) is 0 Å². The van der Waals surface area contributed by atoms with Crippen molar-refractivity contribution in [3.05, 3.63) is 17.7 Å². The Morgan fingerprint density at radius 3 is 2.35 bits per heavy atom. The fraction of sp³-hybridized carbons (Fsp3) is 0.500. The van der Waals surface area contributed by atoms with Crippen molar-refractivity contribution in [1.29, 1.82) is 0 Å². The number of benzene rings is 1. The molecule has 1 saturated heterocycles. The smallest absolute Gasteiger partial charge is 0.407 e. The number of phenols is 1. The monoisotopic (exact) mass is 281 g/mol. The Labute approximate surface area is 117 Å². The molecule has 2 rings (SSSR count). The quantitative estimate of drug-likeness (QED) is 0.888. The molecular formula is C14H19NO5. The highest BCUT2D eigenvalue weighted by Crippen LogP contribution is 2.46. The van der Waals surface area contributed by atoms with Crippen LogP contribution < -0.4 is 14.8 Å². The van der Waals surface area contributed by atoms with E-state index in [4.69, 9.17) is 14.2 Å². The molecule has 1 aromatic carbocycles. The van der Waals surface area contributed by atoms with Crippen LogP contribution in [0.25, 0.3) is 0 Å². The molecule has 2 N–H and O–H groups in total. The Balaban J connectivity index is 2.57. The summed E-state index contributed by atoms with van der Waals surface area (Å²) in [6.45, 7) is 4.24. The third kappa shape index (κ3) is 2.45. The van der Waals surface area contributed by atoms with Crippen LogP contribution in [-0.2, 0) is 4.74 Å². The van der Waals surface area contributed by atoms with Crippen molar-refractivity contribution in [1.82, 2.24) is 5.32 Å². The molecular weight excluding hydrogens is 262 g/mol. The summed E-state index contributed by atoms with van der Waals surface area (Å²) in [6.07, 6.45) is -0.480. The zero-order chi connectivity index (χ0) is 14.9. The molecule has 0 unspecified atom stereocenters. The molecule has 0 radical (unpaired) electrons. The number of carbonyl (C=O) groups excluding carboxylic acids is 1. The largest absolute Gasteiger partial charge is 0.508 e. The predicted octanol–water partition coefficient (Wildman–Crippen LogP) is 2.22. The molecule has 20 heavy (non-hydrogen) atoms. The topological polar surface area (TPSA) is 77.0 Å². The van der Waals surface area contributed by atoms with Gasteiger partial charge < -0.3 is 24.6 Å². The lowest BCUT2D eigenvalue weighted by Gasteiger charge is -2.39. The van der Waals surface area contributed by atoms with E-state index in [2.05, 4.69) is 5.32 Å². The molecule has 1 amide bonds. The van der Waals surface area contributed by atoms with Crippen LogP contribution in [-0.4, -0.2) is 32.0 Å². The van der Waals surface area contributed by atoms with E-state index in [0.29, 0.717) is 17.1 Å². The fourth-order valence-electron chi connectivity index (χ4n) is 2.36. The number of carbonyl (C=O) groups is 1. The summed E-state index contributed by atoms with van der Waals surface area (Å²) in [4.78, 5) is 11.5. The number of alkyl carbamates (subject to hydrolysis) is 1. The molecule has 1 aliphatic rings. The normalized spacial score (nSPS) is 20.8. The Morgan fingerprint density at radius 1 is 1.30 bits per heavy atom. The average molecular weight is 281 g/mol. The third-order valence-electron chi connectivity index (χ3n) is 3.44. The van der Waals surface area contributed by atoms with E-state index in [-0.39, 0.29) is 23.8 Å². The van der Waals surface area contributed by atoms with Crippen molar-refractivity contribution < 1.29 is 24.1 Å². The number of methoxy groups -OCH3 is 2. The molecule has 6 nitrogen and oxygen atoms in total. The van der Waals surface area contributed by atoms with Crippen LogP contribution in [0.15, 0.2) is 12.1 Å². The fourth-order valence-corrected chi connectivity index (χ4v) is 2.36. The van der Waals surface area contributed by atoms with Crippen LogP contribution in [0.2, 0.25) is 0 Å². The lowest BCUT2D eigenvalue weighted by Crippen LogP contribution is -2.47. The maximum absolute atomic E-state index is 11.5. The highest BCUT2D eigenvalue weighted by Gasteiger charge is 2.41. The molecule has 110 valence electrons. The van der Waals surface area contributed by atoms with Gasteiger partial charge in [0.05, 0.1) is 25.8 Å². The highest BCUT2D eigenvalue weighted by atomic mass is 16.6. The molecule has 6 heteroatoms.